The molecule has 0 aromatic heterocycles. The molecular formula is C14H28O4Si. The summed E-state index contributed by atoms with van der Waals surface area (Å²) in [4.78, 5) is 0. The van der Waals surface area contributed by atoms with Crippen molar-refractivity contribution in [2.24, 2.45) is 5.92 Å². The van der Waals surface area contributed by atoms with Crippen molar-refractivity contribution < 1.29 is 19.4 Å². The SMILES string of the molecule is C[C@H]1[C@@H](O)[C@]2(CO)O[C@@H]1C[C@H]2O[Si](C)(C)C(C)(C)C. The van der Waals surface area contributed by atoms with Crippen molar-refractivity contribution >= 4 is 8.32 Å². The maximum Gasteiger partial charge on any atom is 0.192 e. The zero-order valence-corrected chi connectivity index (χ0v) is 13.9. The molecule has 2 heterocycles. The number of ether oxygens (including phenoxy) is 1. The third-order valence-electron chi connectivity index (χ3n) is 5.44. The zero-order valence-electron chi connectivity index (χ0n) is 12.9. The molecule has 0 aromatic rings. The van der Waals surface area contributed by atoms with E-state index in [4.69, 9.17) is 9.16 Å². The third-order valence-corrected chi connectivity index (χ3v) is 9.92. The fourth-order valence-electron chi connectivity index (χ4n) is 2.96. The Morgan fingerprint density at radius 3 is 2.37 bits per heavy atom. The van der Waals surface area contributed by atoms with Gasteiger partial charge in [0.15, 0.2) is 8.32 Å². The van der Waals surface area contributed by atoms with E-state index in [1.807, 2.05) is 6.92 Å². The van der Waals surface area contributed by atoms with Crippen molar-refractivity contribution in [1.82, 2.24) is 0 Å². The van der Waals surface area contributed by atoms with Gasteiger partial charge in [-0.3, -0.25) is 0 Å². The van der Waals surface area contributed by atoms with Crippen molar-refractivity contribution in [3.8, 4) is 0 Å². The summed E-state index contributed by atoms with van der Waals surface area (Å²) in [7, 11) is -1.92. The van der Waals surface area contributed by atoms with Gasteiger partial charge in [0.1, 0.15) is 5.60 Å². The largest absolute Gasteiger partial charge is 0.411 e. The minimum Gasteiger partial charge on any atom is -0.411 e. The molecule has 0 saturated carbocycles. The first-order valence-electron chi connectivity index (χ1n) is 7.20. The second-order valence-corrected chi connectivity index (χ2v) is 12.4. The second-order valence-electron chi connectivity index (χ2n) is 7.68. The van der Waals surface area contributed by atoms with Gasteiger partial charge in [-0.2, -0.15) is 0 Å². The van der Waals surface area contributed by atoms with Crippen LogP contribution >= 0.6 is 0 Å². The van der Waals surface area contributed by atoms with Gasteiger partial charge in [-0.15, -0.1) is 0 Å². The third kappa shape index (κ3) is 2.19. The predicted molar refractivity (Wildman–Crippen MR) is 76.5 cm³/mol. The number of aliphatic hydroxyl groups excluding tert-OH is 2. The van der Waals surface area contributed by atoms with Crippen LogP contribution in [0.2, 0.25) is 18.1 Å². The van der Waals surface area contributed by atoms with E-state index in [-0.39, 0.29) is 29.8 Å². The summed E-state index contributed by atoms with van der Waals surface area (Å²) in [5.74, 6) is 0.0754. The van der Waals surface area contributed by atoms with Crippen molar-refractivity contribution in [2.45, 2.75) is 76.2 Å². The van der Waals surface area contributed by atoms with Gasteiger partial charge >= 0.3 is 0 Å². The highest BCUT2D eigenvalue weighted by atomic mass is 28.4. The van der Waals surface area contributed by atoms with Gasteiger partial charge in [0.25, 0.3) is 0 Å². The van der Waals surface area contributed by atoms with Gasteiger partial charge < -0.3 is 19.4 Å². The van der Waals surface area contributed by atoms with E-state index >= 15 is 0 Å². The fourth-order valence-corrected chi connectivity index (χ4v) is 4.32. The molecule has 0 aliphatic carbocycles. The van der Waals surface area contributed by atoms with Gasteiger partial charge in [0.2, 0.25) is 0 Å². The summed E-state index contributed by atoms with van der Waals surface area (Å²) in [5, 5.41) is 20.2. The monoisotopic (exact) mass is 288 g/mol. The molecule has 2 saturated heterocycles. The first kappa shape index (κ1) is 15.4. The summed E-state index contributed by atoms with van der Waals surface area (Å²) in [6.07, 6.45) is -0.0248. The lowest BCUT2D eigenvalue weighted by Crippen LogP contribution is -2.58. The molecule has 2 aliphatic heterocycles. The molecule has 19 heavy (non-hydrogen) atoms. The minimum absolute atomic E-state index is 0.0110. The Hall–Kier alpha value is 0.0569. The van der Waals surface area contributed by atoms with Crippen LogP contribution in [-0.4, -0.2) is 49.1 Å². The standard InChI is InChI=1S/C14H28O4Si/c1-9-10-7-11(14(8-15,17-10)12(9)16)18-19(5,6)13(2,3)4/h9-12,15-16H,7-8H2,1-6H3/t9-,10-,11-,12-,14-/m1/s1. The van der Waals surface area contributed by atoms with Crippen LogP contribution in [0, 0.1) is 5.92 Å². The number of fused-ring (bicyclic) bond motifs is 2. The lowest BCUT2D eigenvalue weighted by molar-refractivity contribution is -0.124. The average molecular weight is 288 g/mol. The first-order valence-corrected chi connectivity index (χ1v) is 10.1. The Morgan fingerprint density at radius 1 is 1.37 bits per heavy atom. The summed E-state index contributed by atoms with van der Waals surface area (Å²) < 4.78 is 12.3. The van der Waals surface area contributed by atoms with Crippen molar-refractivity contribution in [3.05, 3.63) is 0 Å². The quantitative estimate of drug-likeness (QED) is 0.779. The number of hydrogen-bond donors (Lipinski definition) is 2. The van der Waals surface area contributed by atoms with Crippen LogP contribution < -0.4 is 0 Å². The highest BCUT2D eigenvalue weighted by Crippen LogP contribution is 2.50. The van der Waals surface area contributed by atoms with E-state index in [1.165, 1.54) is 0 Å². The molecule has 0 aromatic carbocycles. The average Bonchev–Trinajstić information content (AvgIpc) is 2.74. The van der Waals surface area contributed by atoms with E-state index in [0.717, 1.165) is 6.42 Å². The Morgan fingerprint density at radius 2 is 1.95 bits per heavy atom. The van der Waals surface area contributed by atoms with Crippen LogP contribution in [0.4, 0.5) is 0 Å². The highest BCUT2D eigenvalue weighted by molar-refractivity contribution is 6.74. The van der Waals surface area contributed by atoms with Crippen molar-refractivity contribution in [3.63, 3.8) is 0 Å². The number of rotatable bonds is 3. The fraction of sp³-hybridized carbons (Fsp3) is 1.00. The minimum atomic E-state index is -1.92. The summed E-state index contributed by atoms with van der Waals surface area (Å²) in [5.41, 5.74) is -0.903. The molecule has 0 spiro atoms. The van der Waals surface area contributed by atoms with E-state index in [9.17, 15) is 10.2 Å². The second kappa shape index (κ2) is 4.53. The van der Waals surface area contributed by atoms with Crippen LogP contribution in [0.3, 0.4) is 0 Å². The lowest BCUT2D eigenvalue weighted by Gasteiger charge is -2.44. The molecule has 0 unspecified atom stereocenters. The van der Waals surface area contributed by atoms with Crippen LogP contribution in [0.15, 0.2) is 0 Å². The molecule has 2 N–H and O–H groups in total. The predicted octanol–water partition coefficient (Wildman–Crippen LogP) is 1.91. The van der Waals surface area contributed by atoms with Gasteiger partial charge in [-0.1, -0.05) is 27.7 Å². The van der Waals surface area contributed by atoms with Crippen molar-refractivity contribution in [1.29, 1.82) is 0 Å². The van der Waals surface area contributed by atoms with Gasteiger partial charge in [-0.05, 0) is 18.1 Å². The van der Waals surface area contributed by atoms with E-state index in [2.05, 4.69) is 33.9 Å². The summed E-state index contributed by atoms with van der Waals surface area (Å²) >= 11 is 0. The van der Waals surface area contributed by atoms with Gasteiger partial charge in [0, 0.05) is 12.3 Å². The topological polar surface area (TPSA) is 58.9 Å². The first-order chi connectivity index (χ1) is 8.55. The number of hydrogen-bond acceptors (Lipinski definition) is 4. The van der Waals surface area contributed by atoms with E-state index < -0.39 is 20.0 Å². The Labute approximate surface area is 117 Å². The van der Waals surface area contributed by atoms with Crippen LogP contribution in [-0.2, 0) is 9.16 Å². The lowest BCUT2D eigenvalue weighted by atomic mass is 9.78. The Balaban J connectivity index is 2.20. The Bertz CT molecular complexity index is 352. The summed E-state index contributed by atoms with van der Waals surface area (Å²) in [6.45, 7) is 12.8. The molecule has 0 radical (unpaired) electrons. The Kier molecular flexibility index (Phi) is 3.68. The smallest absolute Gasteiger partial charge is 0.192 e. The maximum atomic E-state index is 10.4. The van der Waals surface area contributed by atoms with Gasteiger partial charge in [-0.25, -0.2) is 0 Å². The molecule has 5 atom stereocenters. The molecule has 112 valence electrons. The molecule has 2 bridgehead atoms. The molecule has 2 aliphatic rings. The summed E-state index contributed by atoms with van der Waals surface area (Å²) in [6, 6.07) is 0. The normalized spacial score (nSPS) is 42.9. The molecular weight excluding hydrogens is 260 g/mol. The van der Waals surface area contributed by atoms with Crippen LogP contribution in [0.5, 0.6) is 0 Å². The van der Waals surface area contributed by atoms with E-state index in [1.54, 1.807) is 0 Å². The molecule has 4 nitrogen and oxygen atoms in total. The molecule has 5 heteroatoms. The molecule has 2 fully saturated rings. The van der Waals surface area contributed by atoms with E-state index in [0.29, 0.717) is 0 Å². The van der Waals surface area contributed by atoms with Crippen LogP contribution in [0.1, 0.15) is 34.1 Å². The van der Waals surface area contributed by atoms with Gasteiger partial charge in [0.05, 0.1) is 24.9 Å². The van der Waals surface area contributed by atoms with Crippen molar-refractivity contribution in [2.75, 3.05) is 6.61 Å². The highest BCUT2D eigenvalue weighted by Gasteiger charge is 2.64. The maximum absolute atomic E-state index is 10.4. The van der Waals surface area contributed by atoms with Crippen LogP contribution in [0.25, 0.3) is 0 Å². The molecule has 2 rings (SSSR count). The molecule has 0 amide bonds. The number of aliphatic hydroxyl groups is 2. The zero-order chi connectivity index (χ0) is 14.6.